The van der Waals surface area contributed by atoms with Crippen molar-refractivity contribution in [1.29, 1.82) is 0 Å². The first-order chi connectivity index (χ1) is 13.8. The smallest absolute Gasteiger partial charge is 0.417 e. The topological polar surface area (TPSA) is 81.2 Å². The van der Waals surface area contributed by atoms with Crippen LogP contribution in [0.1, 0.15) is 21.6 Å². The van der Waals surface area contributed by atoms with Gasteiger partial charge in [0, 0.05) is 12.6 Å². The molecule has 0 fully saturated rings. The number of alkyl halides is 3. The first-order valence-electron chi connectivity index (χ1n) is 8.55. The van der Waals surface area contributed by atoms with E-state index in [9.17, 15) is 22.8 Å². The van der Waals surface area contributed by atoms with E-state index in [0.29, 0.717) is 16.7 Å². The highest BCUT2D eigenvalue weighted by atomic mass is 19.4. The highest BCUT2D eigenvalue weighted by Gasteiger charge is 2.35. The Kier molecular flexibility index (Phi) is 5.76. The van der Waals surface area contributed by atoms with Gasteiger partial charge in [-0.1, -0.05) is 24.3 Å². The number of rotatable bonds is 5. The monoisotopic (exact) mass is 403 g/mol. The molecule has 3 aromatic rings. The third kappa shape index (κ3) is 4.68. The van der Waals surface area contributed by atoms with Gasteiger partial charge in [-0.25, -0.2) is 9.78 Å². The van der Waals surface area contributed by atoms with Gasteiger partial charge in [0.2, 0.25) is 0 Å². The van der Waals surface area contributed by atoms with E-state index in [4.69, 9.17) is 0 Å². The maximum Gasteiger partial charge on any atom is 0.417 e. The maximum absolute atomic E-state index is 13.2. The SMILES string of the molecule is COC(=O)[C@H](Cc1cnc2ccccc2n1)NC(=O)c1ccccc1C(F)(F)F. The molecule has 3 rings (SSSR count). The van der Waals surface area contributed by atoms with Gasteiger partial charge in [-0.15, -0.1) is 0 Å². The van der Waals surface area contributed by atoms with Crippen LogP contribution in [-0.2, 0) is 22.1 Å². The molecule has 1 N–H and O–H groups in total. The molecule has 2 aromatic carbocycles. The summed E-state index contributed by atoms with van der Waals surface area (Å²) in [5, 5.41) is 2.31. The zero-order valence-electron chi connectivity index (χ0n) is 15.2. The van der Waals surface area contributed by atoms with Gasteiger partial charge in [0.25, 0.3) is 5.91 Å². The Morgan fingerprint density at radius 1 is 1.07 bits per heavy atom. The second kappa shape index (κ2) is 8.26. The molecule has 0 bridgehead atoms. The molecule has 0 aliphatic rings. The lowest BCUT2D eigenvalue weighted by Crippen LogP contribution is -2.43. The molecule has 1 aromatic heterocycles. The van der Waals surface area contributed by atoms with E-state index in [1.165, 1.54) is 18.3 Å². The Bertz CT molecular complexity index is 1050. The predicted molar refractivity (Wildman–Crippen MR) is 98.0 cm³/mol. The predicted octanol–water partition coefficient (Wildman–Crippen LogP) is 3.16. The molecular formula is C20H16F3N3O3. The van der Waals surface area contributed by atoms with Crippen LogP contribution in [0.15, 0.2) is 54.7 Å². The van der Waals surface area contributed by atoms with Crippen LogP contribution in [0.25, 0.3) is 11.0 Å². The fourth-order valence-electron chi connectivity index (χ4n) is 2.80. The van der Waals surface area contributed by atoms with Crippen LogP contribution in [0.3, 0.4) is 0 Å². The van der Waals surface area contributed by atoms with Crippen molar-refractivity contribution < 1.29 is 27.5 Å². The zero-order chi connectivity index (χ0) is 21.0. The number of hydrogen-bond donors (Lipinski definition) is 1. The van der Waals surface area contributed by atoms with E-state index in [-0.39, 0.29) is 6.42 Å². The molecule has 1 amide bonds. The van der Waals surface area contributed by atoms with Crippen molar-refractivity contribution in [3.63, 3.8) is 0 Å². The Morgan fingerprint density at radius 2 is 1.72 bits per heavy atom. The first kappa shape index (κ1) is 20.2. The molecule has 0 spiro atoms. The summed E-state index contributed by atoms with van der Waals surface area (Å²) in [4.78, 5) is 33.2. The molecule has 0 aliphatic heterocycles. The second-order valence-electron chi connectivity index (χ2n) is 6.15. The molecule has 9 heteroatoms. The summed E-state index contributed by atoms with van der Waals surface area (Å²) in [6, 6.07) is 10.2. The molecule has 0 radical (unpaired) electrons. The summed E-state index contributed by atoms with van der Waals surface area (Å²) in [5.74, 6) is -1.85. The minimum absolute atomic E-state index is 0.0928. The molecular weight excluding hydrogens is 387 g/mol. The second-order valence-corrected chi connectivity index (χ2v) is 6.15. The van der Waals surface area contributed by atoms with E-state index in [2.05, 4.69) is 20.0 Å². The van der Waals surface area contributed by atoms with Gasteiger partial charge in [0.05, 0.1) is 35.0 Å². The minimum atomic E-state index is -4.71. The van der Waals surface area contributed by atoms with E-state index in [0.717, 1.165) is 19.2 Å². The van der Waals surface area contributed by atoms with Gasteiger partial charge < -0.3 is 10.1 Å². The number of nitrogens with one attached hydrogen (secondary N) is 1. The molecule has 1 atom stereocenters. The summed E-state index contributed by atoms with van der Waals surface area (Å²) in [5.41, 5.74) is -0.0648. The largest absolute Gasteiger partial charge is 0.467 e. The molecule has 0 saturated carbocycles. The van der Waals surface area contributed by atoms with Crippen LogP contribution in [0.4, 0.5) is 13.2 Å². The minimum Gasteiger partial charge on any atom is -0.467 e. The number of hydrogen-bond acceptors (Lipinski definition) is 5. The van der Waals surface area contributed by atoms with Crippen molar-refractivity contribution in [2.45, 2.75) is 18.6 Å². The lowest BCUT2D eigenvalue weighted by Gasteiger charge is -2.18. The number of nitrogens with zero attached hydrogens (tertiary/aromatic N) is 2. The summed E-state index contributed by atoms with van der Waals surface area (Å²) in [7, 11) is 1.12. The summed E-state index contributed by atoms with van der Waals surface area (Å²) < 4.78 is 44.2. The molecule has 1 heterocycles. The number of halogens is 3. The number of ether oxygens (including phenoxy) is 1. The van der Waals surface area contributed by atoms with Crippen molar-refractivity contribution >= 4 is 22.9 Å². The van der Waals surface area contributed by atoms with Crippen molar-refractivity contribution in [3.8, 4) is 0 Å². The van der Waals surface area contributed by atoms with Gasteiger partial charge in [-0.05, 0) is 24.3 Å². The average Bonchev–Trinajstić information content (AvgIpc) is 2.72. The number of carbonyl (C=O) groups excluding carboxylic acids is 2. The normalized spacial score (nSPS) is 12.4. The fourth-order valence-corrected chi connectivity index (χ4v) is 2.80. The van der Waals surface area contributed by atoms with Gasteiger partial charge >= 0.3 is 12.1 Å². The number of esters is 1. The number of fused-ring (bicyclic) bond motifs is 1. The Balaban J connectivity index is 1.86. The standard InChI is InChI=1S/C20H16F3N3O3/c1-29-19(28)17(10-12-11-24-15-8-4-5-9-16(15)25-12)26-18(27)13-6-2-3-7-14(13)20(21,22)23/h2-9,11,17H,10H2,1H3,(H,26,27)/t17-/m0/s1. The van der Waals surface area contributed by atoms with E-state index >= 15 is 0 Å². The number of methoxy groups -OCH3 is 1. The van der Waals surface area contributed by atoms with Gasteiger partial charge in [0.15, 0.2) is 0 Å². The summed E-state index contributed by atoms with van der Waals surface area (Å²) >= 11 is 0. The first-order valence-corrected chi connectivity index (χ1v) is 8.55. The molecule has 150 valence electrons. The van der Waals surface area contributed by atoms with Crippen LogP contribution in [0.5, 0.6) is 0 Å². The van der Waals surface area contributed by atoms with Crippen molar-refractivity contribution in [3.05, 3.63) is 71.5 Å². The number of para-hydroxylation sites is 2. The highest BCUT2D eigenvalue weighted by molar-refractivity contribution is 5.98. The number of aromatic nitrogens is 2. The van der Waals surface area contributed by atoms with Gasteiger partial charge in [-0.3, -0.25) is 9.78 Å². The van der Waals surface area contributed by atoms with Crippen LogP contribution < -0.4 is 5.32 Å². The van der Waals surface area contributed by atoms with Gasteiger partial charge in [-0.2, -0.15) is 13.2 Å². The summed E-state index contributed by atoms with van der Waals surface area (Å²) in [6.45, 7) is 0. The number of amides is 1. The van der Waals surface area contributed by atoms with E-state index in [1.807, 2.05) is 0 Å². The Morgan fingerprint density at radius 3 is 2.41 bits per heavy atom. The highest BCUT2D eigenvalue weighted by Crippen LogP contribution is 2.31. The van der Waals surface area contributed by atoms with Crippen molar-refractivity contribution in [2.24, 2.45) is 0 Å². The van der Waals surface area contributed by atoms with E-state index < -0.39 is 35.2 Å². The van der Waals surface area contributed by atoms with Crippen LogP contribution >= 0.6 is 0 Å². The summed E-state index contributed by atoms with van der Waals surface area (Å²) in [6.07, 6.45) is -3.36. The van der Waals surface area contributed by atoms with Crippen LogP contribution in [0, 0.1) is 0 Å². The lowest BCUT2D eigenvalue weighted by molar-refractivity contribution is -0.142. The Labute approximate surface area is 163 Å². The molecule has 0 unspecified atom stereocenters. The quantitative estimate of drug-likeness (QED) is 0.662. The number of benzene rings is 2. The lowest BCUT2D eigenvalue weighted by atomic mass is 10.1. The Hall–Kier alpha value is -3.49. The van der Waals surface area contributed by atoms with Crippen molar-refractivity contribution in [2.75, 3.05) is 7.11 Å². The fraction of sp³-hybridized carbons (Fsp3) is 0.200. The third-order valence-corrected chi connectivity index (χ3v) is 4.18. The van der Waals surface area contributed by atoms with Crippen LogP contribution in [-0.4, -0.2) is 35.0 Å². The van der Waals surface area contributed by atoms with Crippen molar-refractivity contribution in [1.82, 2.24) is 15.3 Å². The van der Waals surface area contributed by atoms with Crippen LogP contribution in [0.2, 0.25) is 0 Å². The zero-order valence-corrected chi connectivity index (χ0v) is 15.2. The molecule has 29 heavy (non-hydrogen) atoms. The van der Waals surface area contributed by atoms with Gasteiger partial charge in [0.1, 0.15) is 6.04 Å². The molecule has 6 nitrogen and oxygen atoms in total. The average molecular weight is 403 g/mol. The number of carbonyl (C=O) groups is 2. The maximum atomic E-state index is 13.2. The third-order valence-electron chi connectivity index (χ3n) is 4.18. The molecule has 0 saturated heterocycles. The molecule has 0 aliphatic carbocycles. The van der Waals surface area contributed by atoms with E-state index in [1.54, 1.807) is 24.3 Å².